The van der Waals surface area contributed by atoms with Crippen LogP contribution in [0.15, 0.2) is 53.5 Å². The van der Waals surface area contributed by atoms with Crippen LogP contribution in [0.2, 0.25) is 5.02 Å². The number of ether oxygens (including phenoxy) is 2. The summed E-state index contributed by atoms with van der Waals surface area (Å²) in [5, 5.41) is 9.37. The minimum atomic E-state index is -0.604. The fourth-order valence-electron chi connectivity index (χ4n) is 10.6. The zero-order valence-corrected chi connectivity index (χ0v) is 37.7. The number of likely N-dealkylation sites (tertiary alicyclic amines) is 1. The second-order valence-electron chi connectivity index (χ2n) is 18.9. The molecule has 2 aromatic heterocycles. The summed E-state index contributed by atoms with van der Waals surface area (Å²) >= 11 is 6.61. The smallest absolute Gasteiger partial charge is 0.293 e. The number of aromatic nitrogens is 3. The molecular weight excluding hydrogens is 852 g/mol. The summed E-state index contributed by atoms with van der Waals surface area (Å²) in [7, 11) is 1.52. The minimum Gasteiger partial charge on any atom is -0.478 e. The maximum absolute atomic E-state index is 13.3. The first-order chi connectivity index (χ1) is 31.3. The van der Waals surface area contributed by atoms with Crippen LogP contribution in [0.25, 0.3) is 10.9 Å². The molecule has 7 heterocycles. The number of piperidine rings is 2. The highest BCUT2D eigenvalue weighted by Crippen LogP contribution is 2.46. The fourth-order valence-corrected chi connectivity index (χ4v) is 10.8. The van der Waals surface area contributed by atoms with E-state index < -0.39 is 6.04 Å². The first-order valence-corrected chi connectivity index (χ1v) is 23.2. The van der Waals surface area contributed by atoms with Crippen LogP contribution in [0.5, 0.6) is 5.75 Å². The van der Waals surface area contributed by atoms with Gasteiger partial charge >= 0.3 is 0 Å². The van der Waals surface area contributed by atoms with Crippen molar-refractivity contribution in [3.05, 3.63) is 75.2 Å². The van der Waals surface area contributed by atoms with E-state index in [4.69, 9.17) is 26.1 Å². The number of carbonyl (C=O) groups is 4. The van der Waals surface area contributed by atoms with E-state index in [-0.39, 0.29) is 71.6 Å². The third kappa shape index (κ3) is 8.38. The Bertz CT molecular complexity index is 2620. The van der Waals surface area contributed by atoms with Gasteiger partial charge in [0.25, 0.3) is 17.4 Å². The number of rotatable bonds is 12. The number of fused-ring (bicyclic) bond motifs is 2. The molecule has 6 aliphatic rings. The van der Waals surface area contributed by atoms with Crippen molar-refractivity contribution in [1.29, 1.82) is 0 Å². The molecule has 10 rings (SSSR count). The van der Waals surface area contributed by atoms with Gasteiger partial charge in [-0.3, -0.25) is 34.2 Å². The Kier molecular flexibility index (Phi) is 11.4. The molecule has 1 aliphatic carbocycles. The predicted molar refractivity (Wildman–Crippen MR) is 245 cm³/mol. The second-order valence-corrected chi connectivity index (χ2v) is 19.3. The minimum absolute atomic E-state index is 0.0968. The van der Waals surface area contributed by atoms with E-state index in [9.17, 15) is 24.0 Å². The molecule has 65 heavy (non-hydrogen) atoms. The van der Waals surface area contributed by atoms with Gasteiger partial charge in [0.15, 0.2) is 18.2 Å². The largest absolute Gasteiger partial charge is 0.478 e. The third-order valence-electron chi connectivity index (χ3n) is 14.2. The van der Waals surface area contributed by atoms with Crippen molar-refractivity contribution in [3.8, 4) is 5.75 Å². The Labute approximate surface area is 381 Å². The van der Waals surface area contributed by atoms with Crippen molar-refractivity contribution in [1.82, 2.24) is 35.0 Å². The van der Waals surface area contributed by atoms with Gasteiger partial charge in [0, 0.05) is 99.1 Å². The van der Waals surface area contributed by atoms with Gasteiger partial charge in [0.05, 0.1) is 23.9 Å². The lowest BCUT2D eigenvalue weighted by Gasteiger charge is -2.56. The van der Waals surface area contributed by atoms with Crippen LogP contribution in [-0.2, 0) is 25.7 Å². The van der Waals surface area contributed by atoms with Crippen molar-refractivity contribution < 1.29 is 28.7 Å². The fraction of sp³-hybridized carbons (Fsp3) is 0.511. The van der Waals surface area contributed by atoms with Crippen molar-refractivity contribution in [2.75, 3.05) is 68.0 Å². The number of benzene rings is 2. The zero-order chi connectivity index (χ0) is 45.1. The van der Waals surface area contributed by atoms with E-state index in [1.807, 2.05) is 44.2 Å². The number of halogens is 1. The molecule has 17 nitrogen and oxygen atoms in total. The van der Waals surface area contributed by atoms with Crippen molar-refractivity contribution in [2.24, 2.45) is 5.41 Å². The summed E-state index contributed by atoms with van der Waals surface area (Å²) in [6.07, 6.45) is 7.74. The van der Waals surface area contributed by atoms with Crippen LogP contribution in [0.4, 0.5) is 23.1 Å². The van der Waals surface area contributed by atoms with E-state index in [0.717, 1.165) is 99.2 Å². The van der Waals surface area contributed by atoms with Gasteiger partial charge in [-0.2, -0.15) is 4.98 Å². The number of imide groups is 1. The van der Waals surface area contributed by atoms with E-state index in [1.165, 1.54) is 7.05 Å². The topological polar surface area (TPSA) is 184 Å². The quantitative estimate of drug-likeness (QED) is 0.171. The Balaban J connectivity index is 0.684. The lowest BCUT2D eigenvalue weighted by Crippen LogP contribution is -2.64. The third-order valence-corrected chi connectivity index (χ3v) is 14.5. The molecule has 4 aromatic rings. The normalized spacial score (nSPS) is 23.2. The Morgan fingerprint density at radius 1 is 0.969 bits per heavy atom. The Morgan fingerprint density at radius 2 is 1.77 bits per heavy atom. The first kappa shape index (κ1) is 43.1. The maximum atomic E-state index is 13.3. The van der Waals surface area contributed by atoms with Crippen molar-refractivity contribution in [2.45, 2.75) is 95.7 Å². The molecule has 4 saturated heterocycles. The standard InChI is InChI=1S/C47H55ClN10O7/c1-27(2)58-37-7-4-30(16-28(37)18-39(45(58)63)64-23-41(60)49-3)51-42-36(48)21-50-46(53-42)54-13-10-33(11-14-54)65-34-19-32(20-34)56-25-47(26-56)12-15-55(24-47)31-5-6-35-29(17-31)22-57(44(35)62)38-8-9-40(59)52-43(38)61/h4-7,16-18,21,27,32-34,38H,8-15,19-20,22-26H2,1-3H3,(H,49,60)(H,50,51,53)(H,52,59,61)/t32?,34?,38-/m1/s1. The number of nitrogens with zero attached hydrogens (tertiary/aromatic N) is 7. The number of hydrogen-bond acceptors (Lipinski definition) is 13. The van der Waals surface area contributed by atoms with Gasteiger partial charge in [0.1, 0.15) is 11.1 Å². The van der Waals surface area contributed by atoms with Crippen LogP contribution in [0.3, 0.4) is 0 Å². The molecule has 1 spiro atoms. The number of likely N-dealkylation sites (N-methyl/N-ethyl adjacent to an activating group) is 1. The van der Waals surface area contributed by atoms with Crippen molar-refractivity contribution in [3.63, 3.8) is 0 Å². The van der Waals surface area contributed by atoms with E-state index in [0.29, 0.717) is 41.4 Å². The molecule has 2 aromatic carbocycles. The highest BCUT2D eigenvalue weighted by atomic mass is 35.5. The van der Waals surface area contributed by atoms with Crippen LogP contribution in [0, 0.1) is 5.41 Å². The van der Waals surface area contributed by atoms with Gasteiger partial charge in [-0.05, 0) is 100 Å². The average Bonchev–Trinajstić information content (AvgIpc) is 3.86. The molecule has 0 bridgehead atoms. The van der Waals surface area contributed by atoms with E-state index >= 15 is 0 Å². The molecule has 18 heteroatoms. The molecule has 4 amide bonds. The average molecular weight is 907 g/mol. The molecule has 5 fully saturated rings. The SMILES string of the molecule is CNC(=O)COc1cc2cc(Nc3nc(N4CCC(OC5CC(N6CC7(CCN(c8ccc9c(c8)CN([C@@H]8CCC(=O)NC8=O)C9=O)C7)C6)C5)CC4)ncc3Cl)ccc2n(C(C)C)c1=O. The molecule has 0 unspecified atom stereocenters. The molecule has 1 atom stereocenters. The van der Waals surface area contributed by atoms with Gasteiger partial charge in [-0.1, -0.05) is 11.6 Å². The summed E-state index contributed by atoms with van der Waals surface area (Å²) in [6, 6.07) is 13.2. The highest BCUT2D eigenvalue weighted by Gasteiger charge is 2.52. The highest BCUT2D eigenvalue weighted by molar-refractivity contribution is 6.33. The van der Waals surface area contributed by atoms with Crippen LogP contribution >= 0.6 is 11.6 Å². The molecule has 0 radical (unpaired) electrons. The number of anilines is 4. The number of hydrogen-bond donors (Lipinski definition) is 3. The Morgan fingerprint density at radius 3 is 2.52 bits per heavy atom. The monoisotopic (exact) mass is 906 g/mol. The number of amides is 4. The first-order valence-electron chi connectivity index (χ1n) is 22.8. The number of carbonyl (C=O) groups excluding carboxylic acids is 4. The van der Waals surface area contributed by atoms with Crippen molar-refractivity contribution >= 4 is 69.3 Å². The molecule has 1 saturated carbocycles. The summed E-state index contributed by atoms with van der Waals surface area (Å²) in [4.78, 5) is 80.7. The Hall–Kier alpha value is -5.78. The predicted octanol–water partition coefficient (Wildman–Crippen LogP) is 4.38. The van der Waals surface area contributed by atoms with Crippen LogP contribution in [0.1, 0.15) is 80.8 Å². The van der Waals surface area contributed by atoms with Gasteiger partial charge in [0.2, 0.25) is 17.8 Å². The molecule has 342 valence electrons. The zero-order valence-electron chi connectivity index (χ0n) is 37.0. The van der Waals surface area contributed by atoms with E-state index in [1.54, 1.807) is 21.7 Å². The summed E-state index contributed by atoms with van der Waals surface area (Å²) in [5.74, 6) is 0.0390. The lowest BCUT2D eigenvalue weighted by molar-refractivity contribution is -0.137. The molecule has 3 N–H and O–H groups in total. The molecule has 5 aliphatic heterocycles. The molecular formula is C47H55ClN10O7. The number of pyridine rings is 1. The summed E-state index contributed by atoms with van der Waals surface area (Å²) in [5.41, 5.74) is 4.17. The lowest BCUT2D eigenvalue weighted by atomic mass is 9.74. The van der Waals surface area contributed by atoms with Gasteiger partial charge in [-0.25, -0.2) is 4.98 Å². The van der Waals surface area contributed by atoms with Gasteiger partial charge < -0.3 is 39.4 Å². The van der Waals surface area contributed by atoms with Crippen LogP contribution in [-0.4, -0.2) is 125 Å². The number of nitrogens with one attached hydrogen (secondary N) is 3. The van der Waals surface area contributed by atoms with E-state index in [2.05, 4.69) is 41.7 Å². The summed E-state index contributed by atoms with van der Waals surface area (Å²) < 4.78 is 13.9. The summed E-state index contributed by atoms with van der Waals surface area (Å²) in [6.45, 7) is 9.71. The second kappa shape index (κ2) is 17.2. The van der Waals surface area contributed by atoms with Gasteiger partial charge in [-0.15, -0.1) is 0 Å². The van der Waals surface area contributed by atoms with Crippen LogP contribution < -0.4 is 36.0 Å². The maximum Gasteiger partial charge on any atom is 0.293 e.